The van der Waals surface area contributed by atoms with Gasteiger partial charge in [-0.25, -0.2) is 4.98 Å². The molecule has 0 fully saturated rings. The second-order valence-electron chi connectivity index (χ2n) is 18.7. The lowest BCUT2D eigenvalue weighted by Gasteiger charge is -2.26. The Morgan fingerprint density at radius 3 is 1.92 bits per heavy atom. The van der Waals surface area contributed by atoms with E-state index < -0.39 is 0 Å². The van der Waals surface area contributed by atoms with Crippen LogP contribution in [0, 0.1) is 6.33 Å². The molecule has 0 saturated heterocycles. The van der Waals surface area contributed by atoms with E-state index >= 15 is 0 Å². The molecule has 0 atom stereocenters. The minimum absolute atomic E-state index is 0.0237. The van der Waals surface area contributed by atoms with Gasteiger partial charge in [-0.2, -0.15) is 0 Å². The topological polar surface area (TPSA) is 48.8 Å². The van der Waals surface area contributed by atoms with Gasteiger partial charge in [0.25, 0.3) is 6.33 Å². The zero-order chi connectivity index (χ0) is 41.3. The van der Waals surface area contributed by atoms with E-state index in [-0.39, 0.29) is 16.2 Å². The van der Waals surface area contributed by atoms with E-state index in [1.807, 2.05) is 30.6 Å². The van der Waals surface area contributed by atoms with E-state index in [1.54, 1.807) is 0 Å². The van der Waals surface area contributed by atoms with Crippen LogP contribution in [0.5, 0.6) is 11.5 Å². The number of rotatable bonds is 6. The molecular weight excluding hydrogens is 723 g/mol. The second kappa shape index (κ2) is 14.1. The summed E-state index contributed by atoms with van der Waals surface area (Å²) in [7, 11) is 0. The van der Waals surface area contributed by atoms with Crippen LogP contribution < -0.4 is 9.30 Å². The van der Waals surface area contributed by atoms with Gasteiger partial charge in [0, 0.05) is 34.8 Å². The zero-order valence-corrected chi connectivity index (χ0v) is 35.5. The SMILES string of the molecule is CC(C)(C)c1cc(-[n+]2[c-]n(-c3cnc(-c4ccccc4)c(Oc4ccc5c6ccccc6n(-c6cc(C(C)(C)C)ccn6)c5c4)c3)c3ccccc32)cc(C(C)(C)C)c1. The van der Waals surface area contributed by atoms with Crippen LogP contribution >= 0.6 is 0 Å². The molecule has 4 aromatic heterocycles. The van der Waals surface area contributed by atoms with Crippen molar-refractivity contribution in [1.29, 1.82) is 0 Å². The molecule has 0 aliphatic carbocycles. The van der Waals surface area contributed by atoms with E-state index in [9.17, 15) is 0 Å². The number of fused-ring (bicyclic) bond motifs is 4. The molecule has 0 aliphatic rings. The summed E-state index contributed by atoms with van der Waals surface area (Å²) in [5.41, 5.74) is 11.6. The fourth-order valence-electron chi connectivity index (χ4n) is 7.89. The summed E-state index contributed by atoms with van der Waals surface area (Å²) in [6.07, 6.45) is 7.57. The number of benzene rings is 5. The van der Waals surface area contributed by atoms with Crippen LogP contribution in [0.3, 0.4) is 0 Å². The van der Waals surface area contributed by atoms with E-state index in [1.165, 1.54) is 16.7 Å². The number of aromatic nitrogens is 5. The highest BCUT2D eigenvalue weighted by molar-refractivity contribution is 6.09. The molecule has 294 valence electrons. The van der Waals surface area contributed by atoms with Gasteiger partial charge in [0.05, 0.1) is 33.4 Å². The van der Waals surface area contributed by atoms with Crippen molar-refractivity contribution in [1.82, 2.24) is 19.1 Å². The third kappa shape index (κ3) is 7.07. The first-order valence-corrected chi connectivity index (χ1v) is 20.5. The van der Waals surface area contributed by atoms with E-state index in [0.717, 1.165) is 61.3 Å². The van der Waals surface area contributed by atoms with Gasteiger partial charge in [-0.1, -0.05) is 141 Å². The smallest absolute Gasteiger partial charge is 0.269 e. The minimum atomic E-state index is -0.0251. The van der Waals surface area contributed by atoms with Crippen LogP contribution in [-0.4, -0.2) is 19.1 Å². The summed E-state index contributed by atoms with van der Waals surface area (Å²) in [6.45, 7) is 20.3. The molecule has 0 aliphatic heterocycles. The third-order valence-corrected chi connectivity index (χ3v) is 11.3. The van der Waals surface area contributed by atoms with Gasteiger partial charge < -0.3 is 4.74 Å². The lowest BCUT2D eigenvalue weighted by Crippen LogP contribution is -2.31. The average molecular weight is 774 g/mol. The van der Waals surface area contributed by atoms with E-state index in [4.69, 9.17) is 14.7 Å². The first kappa shape index (κ1) is 38.0. The number of hydrogen-bond donors (Lipinski definition) is 0. The van der Waals surface area contributed by atoms with Crippen molar-refractivity contribution in [3.63, 3.8) is 0 Å². The molecule has 9 rings (SSSR count). The van der Waals surface area contributed by atoms with E-state index in [2.05, 4.69) is 198 Å². The summed E-state index contributed by atoms with van der Waals surface area (Å²) in [4.78, 5) is 10.0. The Hall–Kier alpha value is -6.53. The Morgan fingerprint density at radius 2 is 1.20 bits per heavy atom. The predicted molar refractivity (Wildman–Crippen MR) is 242 cm³/mol. The maximum atomic E-state index is 6.98. The number of imidazole rings is 1. The number of para-hydroxylation sites is 3. The van der Waals surface area contributed by atoms with Crippen molar-refractivity contribution >= 4 is 32.8 Å². The van der Waals surface area contributed by atoms with Gasteiger partial charge >= 0.3 is 0 Å². The molecular formula is C53H51N5O. The molecule has 0 saturated carbocycles. The van der Waals surface area contributed by atoms with Crippen molar-refractivity contribution in [2.75, 3.05) is 0 Å². The average Bonchev–Trinajstić information content (AvgIpc) is 3.76. The third-order valence-electron chi connectivity index (χ3n) is 11.3. The zero-order valence-electron chi connectivity index (χ0n) is 35.5. The molecule has 9 aromatic rings. The fraction of sp³-hybridized carbons (Fsp3) is 0.226. The monoisotopic (exact) mass is 773 g/mol. The summed E-state index contributed by atoms with van der Waals surface area (Å²) >= 11 is 0. The molecule has 0 N–H and O–H groups in total. The quantitative estimate of drug-likeness (QED) is 0.125. The summed E-state index contributed by atoms with van der Waals surface area (Å²) in [6, 6.07) is 46.9. The summed E-state index contributed by atoms with van der Waals surface area (Å²) in [5.74, 6) is 2.22. The minimum Gasteiger partial charge on any atom is -0.456 e. The molecule has 6 heteroatoms. The van der Waals surface area contributed by atoms with Crippen molar-refractivity contribution in [2.24, 2.45) is 0 Å². The van der Waals surface area contributed by atoms with Gasteiger partial charge in [0.1, 0.15) is 23.0 Å². The summed E-state index contributed by atoms with van der Waals surface area (Å²) < 4.78 is 13.5. The van der Waals surface area contributed by atoms with Crippen LogP contribution in [0.15, 0.2) is 146 Å². The molecule has 0 amide bonds. The number of pyridine rings is 2. The highest BCUT2D eigenvalue weighted by Gasteiger charge is 2.24. The van der Waals surface area contributed by atoms with Crippen LogP contribution in [0.2, 0.25) is 0 Å². The van der Waals surface area contributed by atoms with Gasteiger partial charge in [0.2, 0.25) is 0 Å². The largest absolute Gasteiger partial charge is 0.456 e. The molecule has 0 radical (unpaired) electrons. The fourth-order valence-corrected chi connectivity index (χ4v) is 7.89. The Bertz CT molecular complexity index is 2990. The van der Waals surface area contributed by atoms with Crippen molar-refractivity contribution < 1.29 is 9.30 Å². The van der Waals surface area contributed by atoms with Gasteiger partial charge in [-0.15, -0.1) is 0 Å². The van der Waals surface area contributed by atoms with Gasteiger partial charge in [0.15, 0.2) is 0 Å². The Morgan fingerprint density at radius 1 is 0.559 bits per heavy atom. The van der Waals surface area contributed by atoms with E-state index in [0.29, 0.717) is 11.5 Å². The maximum Gasteiger partial charge on any atom is 0.269 e. The van der Waals surface area contributed by atoms with Crippen molar-refractivity contribution in [3.8, 4) is 39.9 Å². The standard InChI is InChI=1S/C53H51N5O/c1-51(2,3)36-25-26-54-49(30-36)58-44-20-14-13-19-42(44)43-24-23-41(32-47(43)58)59-48-31-40(33-55-50(48)35-17-11-10-12-18-35)57-34-56(45-21-15-16-22-46(45)57)39-28-37(52(4,5)6)27-38(29-39)53(7,8)9/h10-33H,1-9H3. The summed E-state index contributed by atoms with van der Waals surface area (Å²) in [5, 5.41) is 2.30. The van der Waals surface area contributed by atoms with Crippen LogP contribution in [0.1, 0.15) is 79.0 Å². The van der Waals surface area contributed by atoms with Gasteiger partial charge in [-0.3, -0.25) is 18.7 Å². The molecule has 59 heavy (non-hydrogen) atoms. The normalized spacial score (nSPS) is 12.5. The first-order valence-electron chi connectivity index (χ1n) is 20.5. The molecule has 0 bridgehead atoms. The lowest BCUT2D eigenvalue weighted by atomic mass is 9.80. The molecule has 0 unspecified atom stereocenters. The van der Waals surface area contributed by atoms with Crippen LogP contribution in [0.25, 0.3) is 61.3 Å². The van der Waals surface area contributed by atoms with Crippen molar-refractivity contribution in [3.05, 3.63) is 169 Å². The highest BCUT2D eigenvalue weighted by atomic mass is 16.5. The molecule has 4 heterocycles. The van der Waals surface area contributed by atoms with Gasteiger partial charge in [-0.05, 0) is 81.5 Å². The number of ether oxygens (including phenoxy) is 1. The Labute approximate surface area is 347 Å². The molecule has 5 aromatic carbocycles. The Balaban J connectivity index is 1.20. The number of nitrogens with zero attached hydrogens (tertiary/aromatic N) is 5. The molecule has 0 spiro atoms. The number of hydrogen-bond acceptors (Lipinski definition) is 3. The van der Waals surface area contributed by atoms with Crippen LogP contribution in [0.4, 0.5) is 0 Å². The second-order valence-corrected chi connectivity index (χ2v) is 18.7. The van der Waals surface area contributed by atoms with Crippen molar-refractivity contribution in [2.45, 2.75) is 78.6 Å². The molecule has 6 nitrogen and oxygen atoms in total. The predicted octanol–water partition coefficient (Wildman–Crippen LogP) is 12.9. The maximum absolute atomic E-state index is 6.98. The highest BCUT2D eigenvalue weighted by Crippen LogP contribution is 2.39. The lowest BCUT2D eigenvalue weighted by molar-refractivity contribution is -0.572. The van der Waals surface area contributed by atoms with Crippen LogP contribution in [-0.2, 0) is 16.2 Å². The first-order chi connectivity index (χ1) is 28.1. The Kier molecular flexibility index (Phi) is 9.08.